The number of carbonyl (C=O) groups is 3. The van der Waals surface area contributed by atoms with Crippen LogP contribution in [0.5, 0.6) is 0 Å². The first-order valence-corrected chi connectivity index (χ1v) is 12.5. The summed E-state index contributed by atoms with van der Waals surface area (Å²) in [5.74, 6) is -1.89. The van der Waals surface area contributed by atoms with Gasteiger partial charge in [-0.05, 0) is 35.6 Å². The van der Waals surface area contributed by atoms with Crippen LogP contribution in [0.2, 0.25) is 0 Å². The van der Waals surface area contributed by atoms with E-state index < -0.39 is 29.9 Å². The van der Waals surface area contributed by atoms with E-state index in [4.69, 9.17) is 15.3 Å². The number of ether oxygens (including phenoxy) is 1. The van der Waals surface area contributed by atoms with Crippen molar-refractivity contribution in [2.24, 2.45) is 11.8 Å². The van der Waals surface area contributed by atoms with Crippen molar-refractivity contribution in [2.75, 3.05) is 25.6 Å². The smallest absolute Gasteiger partial charge is 0.328 e. The molecule has 1 aromatic carbocycles. The zero-order valence-electron chi connectivity index (χ0n) is 23.5. The number of hydrogen-bond acceptors (Lipinski definition) is 9. The van der Waals surface area contributed by atoms with E-state index >= 15 is 0 Å². The number of amides is 2. The first-order valence-electron chi connectivity index (χ1n) is 12.5. The topological polar surface area (TPSA) is 183 Å². The number of hydrogen-bond donors (Lipinski definition) is 2. The summed E-state index contributed by atoms with van der Waals surface area (Å²) in [5, 5.41) is 42.2. The summed E-state index contributed by atoms with van der Waals surface area (Å²) in [5.41, 5.74) is 0.654. The number of likely N-dealkylation sites (N-methyl/N-ethyl adjacent to an activating group) is 1. The summed E-state index contributed by atoms with van der Waals surface area (Å²) in [7, 11) is 2.93. The molecule has 0 heterocycles. The van der Waals surface area contributed by atoms with E-state index in [9.17, 15) is 24.9 Å². The standard InChI is InChI=1S/C29H33N7O4/c1-7-19(4)27(29(39)40-6)35-28(38)26(18(2)3)34-25(37)17-36(5)23-10-8-21(9-11-23)24(22(15-32)16-33)12-20(13-30)14-31/h8-12,18-19,26-27H,7,17H2,1-6H3,(H,34,37)(H,35,38)/t19-,26-,27-/m0/s1. The predicted molar refractivity (Wildman–Crippen MR) is 147 cm³/mol. The van der Waals surface area contributed by atoms with Crippen LogP contribution in [0.25, 0.3) is 5.57 Å². The van der Waals surface area contributed by atoms with Crippen LogP contribution in [0.15, 0.2) is 41.5 Å². The molecule has 0 unspecified atom stereocenters. The molecule has 3 atom stereocenters. The summed E-state index contributed by atoms with van der Waals surface area (Å²) in [6, 6.07) is 11.7. The van der Waals surface area contributed by atoms with Crippen LogP contribution in [0.3, 0.4) is 0 Å². The van der Waals surface area contributed by atoms with Gasteiger partial charge in [0.25, 0.3) is 0 Å². The number of nitriles is 4. The van der Waals surface area contributed by atoms with Gasteiger partial charge in [-0.2, -0.15) is 21.0 Å². The van der Waals surface area contributed by atoms with Gasteiger partial charge in [0, 0.05) is 18.3 Å². The summed E-state index contributed by atoms with van der Waals surface area (Å²) in [6.45, 7) is 7.19. The first kappa shape index (κ1) is 32.9. The Labute approximate surface area is 234 Å². The van der Waals surface area contributed by atoms with Crippen LogP contribution < -0.4 is 15.5 Å². The lowest BCUT2D eigenvalue weighted by molar-refractivity contribution is -0.147. The third-order valence-corrected chi connectivity index (χ3v) is 6.25. The number of esters is 1. The summed E-state index contributed by atoms with van der Waals surface area (Å²) >= 11 is 0. The van der Waals surface area contributed by atoms with Gasteiger partial charge in [-0.1, -0.05) is 46.2 Å². The number of benzene rings is 1. The van der Waals surface area contributed by atoms with E-state index in [1.807, 2.05) is 13.8 Å². The Balaban J connectivity index is 3.08. The van der Waals surface area contributed by atoms with Crippen molar-refractivity contribution < 1.29 is 19.1 Å². The highest BCUT2D eigenvalue weighted by atomic mass is 16.5. The Morgan fingerprint density at radius 3 is 1.98 bits per heavy atom. The average molecular weight is 544 g/mol. The van der Waals surface area contributed by atoms with Gasteiger partial charge in [0.05, 0.1) is 13.7 Å². The Kier molecular flexibility index (Phi) is 13.1. The summed E-state index contributed by atoms with van der Waals surface area (Å²) < 4.78 is 4.82. The Hall–Kier alpha value is -5.13. The van der Waals surface area contributed by atoms with Crippen LogP contribution >= 0.6 is 0 Å². The molecule has 208 valence electrons. The lowest BCUT2D eigenvalue weighted by atomic mass is 9.97. The van der Waals surface area contributed by atoms with Crippen molar-refractivity contribution in [2.45, 2.75) is 46.2 Å². The summed E-state index contributed by atoms with van der Waals surface area (Å²) in [4.78, 5) is 39.7. The quantitative estimate of drug-likeness (QED) is 0.227. The molecule has 11 heteroatoms. The van der Waals surface area contributed by atoms with Crippen molar-refractivity contribution in [3.63, 3.8) is 0 Å². The van der Waals surface area contributed by atoms with Crippen molar-refractivity contribution >= 4 is 29.0 Å². The maximum Gasteiger partial charge on any atom is 0.328 e. The van der Waals surface area contributed by atoms with Crippen LogP contribution in [-0.4, -0.2) is 50.6 Å². The molecule has 0 spiro atoms. The molecule has 1 rings (SSSR count). The second-order valence-corrected chi connectivity index (χ2v) is 9.38. The van der Waals surface area contributed by atoms with Crippen LogP contribution in [-0.2, 0) is 19.1 Å². The largest absolute Gasteiger partial charge is 0.467 e. The van der Waals surface area contributed by atoms with Gasteiger partial charge in [0.15, 0.2) is 0 Å². The second kappa shape index (κ2) is 16.0. The third kappa shape index (κ3) is 9.01. The normalized spacial score (nSPS) is 12.1. The Morgan fingerprint density at radius 1 is 0.950 bits per heavy atom. The molecule has 1 aromatic rings. The van der Waals surface area contributed by atoms with Gasteiger partial charge in [-0.3, -0.25) is 9.59 Å². The number of allylic oxidation sites excluding steroid dienone is 4. The molecule has 0 fully saturated rings. The zero-order valence-corrected chi connectivity index (χ0v) is 23.5. The molecule has 2 N–H and O–H groups in total. The summed E-state index contributed by atoms with van der Waals surface area (Å²) in [6.07, 6.45) is 1.82. The number of methoxy groups -OCH3 is 1. The van der Waals surface area contributed by atoms with E-state index in [-0.39, 0.29) is 35.1 Å². The molecule has 0 aromatic heterocycles. The molecule has 2 amide bonds. The molecule has 0 aliphatic heterocycles. The molecule has 0 saturated heterocycles. The first-order chi connectivity index (χ1) is 19.0. The number of carbonyl (C=O) groups excluding carboxylic acids is 3. The zero-order chi connectivity index (χ0) is 30.4. The van der Waals surface area contributed by atoms with Gasteiger partial charge in [-0.25, -0.2) is 4.79 Å². The fourth-order valence-corrected chi connectivity index (χ4v) is 3.67. The molecule has 0 aliphatic rings. The maximum absolute atomic E-state index is 13.0. The molecule has 0 radical (unpaired) electrons. The highest BCUT2D eigenvalue weighted by molar-refractivity contribution is 5.92. The van der Waals surface area contributed by atoms with Crippen molar-refractivity contribution in [3.05, 3.63) is 47.1 Å². The monoisotopic (exact) mass is 543 g/mol. The minimum atomic E-state index is -0.885. The molecule has 0 saturated carbocycles. The van der Waals surface area contributed by atoms with Crippen molar-refractivity contribution in [3.8, 4) is 24.3 Å². The van der Waals surface area contributed by atoms with Crippen molar-refractivity contribution in [1.82, 2.24) is 10.6 Å². The average Bonchev–Trinajstić information content (AvgIpc) is 2.95. The minimum Gasteiger partial charge on any atom is -0.467 e. The van der Waals surface area contributed by atoms with Gasteiger partial charge in [-0.15, -0.1) is 0 Å². The molecular weight excluding hydrogens is 510 g/mol. The SMILES string of the molecule is CC[C@H](C)[C@H](NC(=O)[C@@H](NC(=O)CN(C)c1ccc(C(C=C(C#N)C#N)=C(C#N)C#N)cc1)C(C)C)C(=O)OC. The van der Waals surface area contributed by atoms with Crippen molar-refractivity contribution in [1.29, 1.82) is 21.0 Å². The van der Waals surface area contributed by atoms with Gasteiger partial charge < -0.3 is 20.3 Å². The number of anilines is 1. The van der Waals surface area contributed by atoms with E-state index in [1.165, 1.54) is 13.2 Å². The highest BCUT2D eigenvalue weighted by Crippen LogP contribution is 2.24. The number of nitrogens with one attached hydrogen (secondary N) is 2. The third-order valence-electron chi connectivity index (χ3n) is 6.25. The lowest BCUT2D eigenvalue weighted by Gasteiger charge is -2.28. The molecule has 11 nitrogen and oxygen atoms in total. The van der Waals surface area contributed by atoms with Crippen LogP contribution in [0.4, 0.5) is 5.69 Å². The fourth-order valence-electron chi connectivity index (χ4n) is 3.67. The number of nitrogens with zero attached hydrogens (tertiary/aromatic N) is 5. The highest BCUT2D eigenvalue weighted by Gasteiger charge is 2.31. The lowest BCUT2D eigenvalue weighted by Crippen LogP contribution is -2.56. The molecule has 0 aliphatic carbocycles. The number of rotatable bonds is 12. The van der Waals surface area contributed by atoms with Crippen LogP contribution in [0.1, 0.15) is 39.7 Å². The van der Waals surface area contributed by atoms with Gasteiger partial charge in [0.1, 0.15) is 47.5 Å². The van der Waals surface area contributed by atoms with Crippen LogP contribution in [0, 0.1) is 57.2 Å². The molecule has 40 heavy (non-hydrogen) atoms. The fraction of sp³-hybridized carbons (Fsp3) is 0.414. The molecular formula is C29H33N7O4. The minimum absolute atomic E-state index is 0.0983. The van der Waals surface area contributed by atoms with Gasteiger partial charge >= 0.3 is 5.97 Å². The second-order valence-electron chi connectivity index (χ2n) is 9.38. The van der Waals surface area contributed by atoms with E-state index in [2.05, 4.69) is 10.6 Å². The maximum atomic E-state index is 13.0. The van der Waals surface area contributed by atoms with E-state index in [1.54, 1.807) is 74.3 Å². The van der Waals surface area contributed by atoms with Gasteiger partial charge in [0.2, 0.25) is 11.8 Å². The Morgan fingerprint density at radius 2 is 1.52 bits per heavy atom. The van der Waals surface area contributed by atoms with E-state index in [0.717, 1.165) is 0 Å². The van der Waals surface area contributed by atoms with E-state index in [0.29, 0.717) is 17.7 Å². The molecule has 0 bridgehead atoms. The predicted octanol–water partition coefficient (Wildman–Crippen LogP) is 2.74. The Bertz CT molecular complexity index is 1290.